The highest BCUT2D eigenvalue weighted by Gasteiger charge is 2.27. The molecule has 1 aromatic carbocycles. The van der Waals surface area contributed by atoms with Gasteiger partial charge in [0.2, 0.25) is 0 Å². The van der Waals surface area contributed by atoms with Crippen LogP contribution in [0, 0.1) is 5.92 Å². The third-order valence-corrected chi connectivity index (χ3v) is 4.74. The first-order valence-electron chi connectivity index (χ1n) is 7.44. The van der Waals surface area contributed by atoms with E-state index in [9.17, 15) is 9.90 Å². The number of benzene rings is 1. The molecule has 106 valence electrons. The highest BCUT2D eigenvalue weighted by molar-refractivity contribution is 5.86. The van der Waals surface area contributed by atoms with Crippen molar-refractivity contribution in [3.63, 3.8) is 0 Å². The van der Waals surface area contributed by atoms with Gasteiger partial charge < -0.3 is 9.67 Å². The topological polar surface area (TPSA) is 42.2 Å². The molecule has 2 atom stereocenters. The van der Waals surface area contributed by atoms with Crippen molar-refractivity contribution in [3.8, 4) is 0 Å². The van der Waals surface area contributed by atoms with Crippen molar-refractivity contribution < 1.29 is 9.90 Å². The summed E-state index contributed by atoms with van der Waals surface area (Å²) < 4.78 is 2.28. The molecule has 1 aliphatic rings. The number of hydrogen-bond donors (Lipinski definition) is 1. The molecule has 0 saturated heterocycles. The molecule has 0 spiro atoms. The number of carboxylic acids is 1. The van der Waals surface area contributed by atoms with E-state index in [2.05, 4.69) is 22.8 Å². The molecule has 20 heavy (non-hydrogen) atoms. The van der Waals surface area contributed by atoms with Crippen molar-refractivity contribution in [2.45, 2.75) is 45.6 Å². The third kappa shape index (κ3) is 1.92. The zero-order chi connectivity index (χ0) is 14.3. The first-order chi connectivity index (χ1) is 9.61. The fourth-order valence-electron chi connectivity index (χ4n) is 3.42. The Morgan fingerprint density at radius 2 is 1.90 bits per heavy atom. The van der Waals surface area contributed by atoms with Gasteiger partial charge in [0.15, 0.2) is 0 Å². The number of para-hydroxylation sites is 1. The summed E-state index contributed by atoms with van der Waals surface area (Å²) in [6.45, 7) is 3.83. The molecule has 3 nitrogen and oxygen atoms in total. The van der Waals surface area contributed by atoms with Crippen molar-refractivity contribution in [2.75, 3.05) is 0 Å². The van der Waals surface area contributed by atoms with Gasteiger partial charge in [-0.1, -0.05) is 18.2 Å². The molecular formula is C17H21NO2. The van der Waals surface area contributed by atoms with E-state index in [0.717, 1.165) is 12.8 Å². The average Bonchev–Trinajstić information content (AvgIpc) is 2.80. The van der Waals surface area contributed by atoms with Gasteiger partial charge in [0, 0.05) is 22.6 Å². The molecule has 3 heteroatoms. The minimum atomic E-state index is -0.722. The molecule has 1 N–H and O–H groups in total. The van der Waals surface area contributed by atoms with E-state index in [0.29, 0.717) is 0 Å². The second-order valence-electron chi connectivity index (χ2n) is 5.89. The monoisotopic (exact) mass is 271 g/mol. The Labute approximate surface area is 119 Å². The van der Waals surface area contributed by atoms with Gasteiger partial charge in [0.25, 0.3) is 0 Å². The second-order valence-corrected chi connectivity index (χ2v) is 5.89. The second kappa shape index (κ2) is 4.97. The Bertz CT molecular complexity index is 656. The molecule has 0 amide bonds. The van der Waals surface area contributed by atoms with E-state index in [1.165, 1.54) is 35.0 Å². The van der Waals surface area contributed by atoms with Gasteiger partial charge in [-0.05, 0) is 51.2 Å². The zero-order valence-electron chi connectivity index (χ0n) is 12.1. The molecule has 2 aromatic rings. The third-order valence-electron chi connectivity index (χ3n) is 4.74. The SMILES string of the molecule is CC(C(=O)O)C(C)n1c2c(c3ccccc31)CCCC2. The van der Waals surface area contributed by atoms with Crippen LogP contribution >= 0.6 is 0 Å². The van der Waals surface area contributed by atoms with Crippen molar-refractivity contribution in [1.82, 2.24) is 4.57 Å². The predicted molar refractivity (Wildman–Crippen MR) is 80.1 cm³/mol. The maximum atomic E-state index is 11.3. The number of fused-ring (bicyclic) bond motifs is 3. The Morgan fingerprint density at radius 3 is 2.65 bits per heavy atom. The van der Waals surface area contributed by atoms with Crippen molar-refractivity contribution in [1.29, 1.82) is 0 Å². The molecule has 0 bridgehead atoms. The first-order valence-corrected chi connectivity index (χ1v) is 7.44. The van der Waals surface area contributed by atoms with Crippen LogP contribution in [0.2, 0.25) is 0 Å². The molecule has 1 aromatic heterocycles. The number of aromatic nitrogens is 1. The van der Waals surface area contributed by atoms with E-state index in [1.807, 2.05) is 13.0 Å². The fraction of sp³-hybridized carbons (Fsp3) is 0.471. The smallest absolute Gasteiger partial charge is 0.308 e. The Kier molecular flexibility index (Phi) is 3.28. The number of carbonyl (C=O) groups is 1. The van der Waals surface area contributed by atoms with E-state index >= 15 is 0 Å². The fourth-order valence-corrected chi connectivity index (χ4v) is 3.42. The summed E-state index contributed by atoms with van der Waals surface area (Å²) in [5.41, 5.74) is 3.99. The van der Waals surface area contributed by atoms with Gasteiger partial charge in [0.1, 0.15) is 0 Å². The summed E-state index contributed by atoms with van der Waals surface area (Å²) in [7, 11) is 0. The van der Waals surface area contributed by atoms with Crippen LogP contribution < -0.4 is 0 Å². The van der Waals surface area contributed by atoms with Crippen molar-refractivity contribution >= 4 is 16.9 Å². The minimum absolute atomic E-state index is 0.0146. The van der Waals surface area contributed by atoms with Gasteiger partial charge in [0.05, 0.1) is 5.92 Å². The van der Waals surface area contributed by atoms with Crippen molar-refractivity contribution in [3.05, 3.63) is 35.5 Å². The number of hydrogen-bond acceptors (Lipinski definition) is 1. The van der Waals surface area contributed by atoms with E-state index in [1.54, 1.807) is 6.92 Å². The Balaban J connectivity index is 2.21. The predicted octanol–water partition coefficient (Wildman–Crippen LogP) is 3.80. The van der Waals surface area contributed by atoms with Gasteiger partial charge in [-0.25, -0.2) is 0 Å². The zero-order valence-corrected chi connectivity index (χ0v) is 12.1. The van der Waals surface area contributed by atoms with Crippen LogP contribution in [-0.2, 0) is 17.6 Å². The molecule has 0 aliphatic heterocycles. The lowest BCUT2D eigenvalue weighted by Gasteiger charge is -2.24. The summed E-state index contributed by atoms with van der Waals surface area (Å²) in [6.07, 6.45) is 4.64. The lowest BCUT2D eigenvalue weighted by Crippen LogP contribution is -2.23. The van der Waals surface area contributed by atoms with Crippen molar-refractivity contribution in [2.24, 2.45) is 5.92 Å². The van der Waals surface area contributed by atoms with Crippen LogP contribution in [0.4, 0.5) is 0 Å². The Morgan fingerprint density at radius 1 is 1.20 bits per heavy atom. The lowest BCUT2D eigenvalue weighted by molar-refractivity contribution is -0.142. The first kappa shape index (κ1) is 13.2. The molecule has 0 fully saturated rings. The molecule has 1 heterocycles. The lowest BCUT2D eigenvalue weighted by atomic mass is 9.95. The molecule has 1 aliphatic carbocycles. The highest BCUT2D eigenvalue weighted by atomic mass is 16.4. The maximum Gasteiger partial charge on any atom is 0.308 e. The number of carboxylic acid groups (broad SMARTS) is 1. The van der Waals surface area contributed by atoms with Crippen LogP contribution in [-0.4, -0.2) is 15.6 Å². The van der Waals surface area contributed by atoms with Gasteiger partial charge in [-0.2, -0.15) is 0 Å². The number of nitrogens with zero attached hydrogens (tertiary/aromatic N) is 1. The highest BCUT2D eigenvalue weighted by Crippen LogP contribution is 2.36. The quantitative estimate of drug-likeness (QED) is 0.922. The number of aryl methyl sites for hydroxylation is 1. The Hall–Kier alpha value is -1.77. The van der Waals surface area contributed by atoms with Gasteiger partial charge >= 0.3 is 5.97 Å². The van der Waals surface area contributed by atoms with Crippen LogP contribution in [0.5, 0.6) is 0 Å². The largest absolute Gasteiger partial charge is 0.481 e. The van der Waals surface area contributed by atoms with Crippen LogP contribution in [0.3, 0.4) is 0 Å². The van der Waals surface area contributed by atoms with Gasteiger partial charge in [-0.3, -0.25) is 4.79 Å². The summed E-state index contributed by atoms with van der Waals surface area (Å²) >= 11 is 0. The van der Waals surface area contributed by atoms with E-state index in [4.69, 9.17) is 0 Å². The van der Waals surface area contributed by atoms with Crippen LogP contribution in [0.1, 0.15) is 44.0 Å². The maximum absolute atomic E-state index is 11.3. The normalized spacial score (nSPS) is 17.7. The minimum Gasteiger partial charge on any atom is -0.481 e. The summed E-state index contributed by atoms with van der Waals surface area (Å²) in [4.78, 5) is 11.3. The molecule has 0 radical (unpaired) electrons. The molecular weight excluding hydrogens is 250 g/mol. The number of rotatable bonds is 3. The van der Waals surface area contributed by atoms with E-state index in [-0.39, 0.29) is 12.0 Å². The molecule has 2 unspecified atom stereocenters. The summed E-state index contributed by atoms with van der Waals surface area (Å²) in [5.74, 6) is -1.10. The van der Waals surface area contributed by atoms with Crippen LogP contribution in [0.15, 0.2) is 24.3 Å². The number of aliphatic carboxylic acids is 1. The van der Waals surface area contributed by atoms with Crippen LogP contribution in [0.25, 0.3) is 10.9 Å². The van der Waals surface area contributed by atoms with E-state index < -0.39 is 5.97 Å². The average molecular weight is 271 g/mol. The standard InChI is InChI=1S/C17H21NO2/c1-11(17(19)20)12(2)18-15-9-5-3-7-13(15)14-8-4-6-10-16(14)18/h3,5,7,9,11-12H,4,6,8,10H2,1-2H3,(H,19,20). The summed E-state index contributed by atoms with van der Waals surface area (Å²) in [6, 6.07) is 8.40. The molecule has 0 saturated carbocycles. The molecule has 3 rings (SSSR count). The van der Waals surface area contributed by atoms with Gasteiger partial charge in [-0.15, -0.1) is 0 Å². The summed E-state index contributed by atoms with van der Waals surface area (Å²) in [5, 5.41) is 10.6.